The van der Waals surface area contributed by atoms with E-state index >= 15 is 0 Å². The van der Waals surface area contributed by atoms with Gasteiger partial charge in [0.15, 0.2) is 0 Å². The second-order valence-corrected chi connectivity index (χ2v) is 6.04. The molecule has 0 amide bonds. The molecule has 0 radical (unpaired) electrons. The molecule has 0 saturated heterocycles. The molecule has 0 aliphatic carbocycles. The third kappa shape index (κ3) is 4.93. The van der Waals surface area contributed by atoms with Crippen molar-refractivity contribution in [2.75, 3.05) is 6.61 Å². The molecule has 6 heteroatoms. The Morgan fingerprint density at radius 2 is 2.19 bits per heavy atom. The topological polar surface area (TPSA) is 50.8 Å². The van der Waals surface area contributed by atoms with Gasteiger partial charge in [-0.25, -0.2) is 4.98 Å². The Hall–Kier alpha value is -1.20. The molecule has 1 N–H and O–H groups in total. The van der Waals surface area contributed by atoms with Gasteiger partial charge in [0.1, 0.15) is 11.6 Å². The van der Waals surface area contributed by atoms with E-state index < -0.39 is 0 Å². The Morgan fingerprint density at radius 1 is 1.33 bits per heavy atom. The van der Waals surface area contributed by atoms with Gasteiger partial charge in [-0.15, -0.1) is 5.10 Å². The van der Waals surface area contributed by atoms with Crippen LogP contribution in [0.2, 0.25) is 5.02 Å². The van der Waals surface area contributed by atoms with E-state index in [1.165, 1.54) is 0 Å². The quantitative estimate of drug-likeness (QED) is 0.574. The zero-order chi connectivity index (χ0) is 15.1. The highest BCUT2D eigenvalue weighted by Crippen LogP contribution is 2.29. The van der Waals surface area contributed by atoms with Gasteiger partial charge < -0.3 is 4.74 Å². The van der Waals surface area contributed by atoms with E-state index in [9.17, 15) is 0 Å². The van der Waals surface area contributed by atoms with E-state index in [0.29, 0.717) is 0 Å². The predicted octanol–water partition coefficient (Wildman–Crippen LogP) is 4.49. The van der Waals surface area contributed by atoms with Crippen LogP contribution in [0.4, 0.5) is 0 Å². The summed E-state index contributed by atoms with van der Waals surface area (Å²) in [5.41, 5.74) is 1.08. The van der Waals surface area contributed by atoms with E-state index in [4.69, 9.17) is 16.3 Å². The molecule has 1 aromatic heterocycles. The maximum Gasteiger partial charge on any atom is 0.208 e. The molecule has 0 saturated carbocycles. The van der Waals surface area contributed by atoms with Crippen LogP contribution in [0.3, 0.4) is 0 Å². The summed E-state index contributed by atoms with van der Waals surface area (Å²) in [5.74, 6) is 2.54. The molecule has 114 valence electrons. The molecule has 2 rings (SSSR count). The fraction of sp³-hybridized carbons (Fsp3) is 0.467. The highest BCUT2D eigenvalue weighted by molar-refractivity contribution is 7.98. The van der Waals surface area contributed by atoms with Crippen molar-refractivity contribution in [3.63, 3.8) is 0 Å². The first-order chi connectivity index (χ1) is 10.2. The number of aromatic amines is 1. The van der Waals surface area contributed by atoms with Crippen molar-refractivity contribution in [3.8, 4) is 5.75 Å². The molecule has 0 unspecified atom stereocenters. The molecule has 1 aromatic carbocycles. The van der Waals surface area contributed by atoms with Crippen molar-refractivity contribution < 1.29 is 4.74 Å². The molecule has 0 aliphatic heterocycles. The summed E-state index contributed by atoms with van der Waals surface area (Å²) in [6.45, 7) is 4.93. The van der Waals surface area contributed by atoms with Crippen molar-refractivity contribution in [1.29, 1.82) is 0 Å². The Bertz CT molecular complexity index is 574. The third-order valence-corrected chi connectivity index (χ3v) is 4.11. The zero-order valence-electron chi connectivity index (χ0n) is 12.4. The van der Waals surface area contributed by atoms with Gasteiger partial charge in [0.25, 0.3) is 0 Å². The Kier molecular flexibility index (Phi) is 6.39. The molecule has 0 aliphatic rings. The van der Waals surface area contributed by atoms with Crippen LogP contribution in [0.5, 0.6) is 5.75 Å². The average molecular weight is 326 g/mol. The van der Waals surface area contributed by atoms with Gasteiger partial charge in [0.2, 0.25) is 5.16 Å². The number of hydrogen-bond acceptors (Lipinski definition) is 4. The summed E-state index contributed by atoms with van der Waals surface area (Å²) >= 11 is 7.66. The molecule has 21 heavy (non-hydrogen) atoms. The summed E-state index contributed by atoms with van der Waals surface area (Å²) in [5, 5.41) is 8.58. The van der Waals surface area contributed by atoms with Gasteiger partial charge in [-0.3, -0.25) is 5.10 Å². The third-order valence-electron chi connectivity index (χ3n) is 2.98. The Labute approximate surface area is 134 Å². The molecule has 0 bridgehead atoms. The number of unbranched alkanes of at least 4 members (excludes halogenated alkanes) is 1. The lowest BCUT2D eigenvalue weighted by Gasteiger charge is -2.11. The van der Waals surface area contributed by atoms with Crippen molar-refractivity contribution in [3.05, 3.63) is 34.6 Å². The molecule has 1 heterocycles. The standard InChI is InChI=1S/C15H20ClN3OS/c1-3-5-8-20-13-7-6-12(16)9-11(13)10-21-15-17-14(4-2)18-19-15/h6-7,9H,3-5,8,10H2,1-2H3,(H,17,18,19). The predicted molar refractivity (Wildman–Crippen MR) is 87.2 cm³/mol. The number of nitrogens with zero attached hydrogens (tertiary/aromatic N) is 2. The first-order valence-corrected chi connectivity index (χ1v) is 8.54. The highest BCUT2D eigenvalue weighted by atomic mass is 35.5. The second-order valence-electron chi connectivity index (χ2n) is 4.66. The van der Waals surface area contributed by atoms with Crippen LogP contribution in [-0.2, 0) is 12.2 Å². The molecular formula is C15H20ClN3OS. The number of halogens is 1. The van der Waals surface area contributed by atoms with Crippen LogP contribution in [0.15, 0.2) is 23.4 Å². The van der Waals surface area contributed by atoms with Gasteiger partial charge in [-0.1, -0.05) is 43.6 Å². The van der Waals surface area contributed by atoms with Gasteiger partial charge in [0, 0.05) is 22.8 Å². The lowest BCUT2D eigenvalue weighted by atomic mass is 10.2. The smallest absolute Gasteiger partial charge is 0.208 e. The van der Waals surface area contributed by atoms with Gasteiger partial charge in [0.05, 0.1) is 6.61 Å². The minimum Gasteiger partial charge on any atom is -0.493 e. The summed E-state index contributed by atoms with van der Waals surface area (Å²) < 4.78 is 5.83. The number of rotatable bonds is 8. The summed E-state index contributed by atoms with van der Waals surface area (Å²) in [6, 6.07) is 5.74. The van der Waals surface area contributed by atoms with Crippen LogP contribution in [-0.4, -0.2) is 21.8 Å². The summed E-state index contributed by atoms with van der Waals surface area (Å²) in [4.78, 5) is 4.39. The van der Waals surface area contributed by atoms with Crippen molar-refractivity contribution in [1.82, 2.24) is 15.2 Å². The van der Waals surface area contributed by atoms with E-state index in [2.05, 4.69) is 22.1 Å². The van der Waals surface area contributed by atoms with Crippen LogP contribution in [0.1, 0.15) is 38.1 Å². The molecule has 0 fully saturated rings. The molecule has 0 atom stereocenters. The van der Waals surface area contributed by atoms with Crippen molar-refractivity contribution >= 4 is 23.4 Å². The van der Waals surface area contributed by atoms with Crippen LogP contribution < -0.4 is 4.74 Å². The lowest BCUT2D eigenvalue weighted by molar-refractivity contribution is 0.307. The zero-order valence-corrected chi connectivity index (χ0v) is 13.9. The average Bonchev–Trinajstić information content (AvgIpc) is 2.95. The number of ether oxygens (including phenoxy) is 1. The highest BCUT2D eigenvalue weighted by Gasteiger charge is 2.08. The fourth-order valence-corrected chi connectivity index (χ4v) is 2.76. The van der Waals surface area contributed by atoms with Crippen LogP contribution >= 0.6 is 23.4 Å². The second kappa shape index (κ2) is 8.29. The lowest BCUT2D eigenvalue weighted by Crippen LogP contribution is -1.99. The van der Waals surface area contributed by atoms with Crippen LogP contribution in [0, 0.1) is 0 Å². The minimum atomic E-state index is 0.720. The summed E-state index contributed by atoms with van der Waals surface area (Å²) in [6.07, 6.45) is 3.03. The Balaban J connectivity index is 2.01. The maximum absolute atomic E-state index is 6.08. The maximum atomic E-state index is 6.08. The van der Waals surface area contributed by atoms with Crippen molar-refractivity contribution in [2.45, 2.75) is 44.0 Å². The van der Waals surface area contributed by atoms with E-state index in [1.807, 2.05) is 25.1 Å². The van der Waals surface area contributed by atoms with Gasteiger partial charge in [-0.2, -0.15) is 0 Å². The Morgan fingerprint density at radius 3 is 2.90 bits per heavy atom. The number of benzene rings is 1. The molecular weight excluding hydrogens is 306 g/mol. The number of aromatic nitrogens is 3. The normalized spacial score (nSPS) is 10.8. The van der Waals surface area contributed by atoms with Gasteiger partial charge >= 0.3 is 0 Å². The molecule has 0 spiro atoms. The monoisotopic (exact) mass is 325 g/mol. The largest absolute Gasteiger partial charge is 0.493 e. The van der Waals surface area contributed by atoms with Crippen molar-refractivity contribution in [2.24, 2.45) is 0 Å². The van der Waals surface area contributed by atoms with Crippen LogP contribution in [0.25, 0.3) is 0 Å². The number of thioether (sulfide) groups is 1. The van der Waals surface area contributed by atoms with E-state index in [1.54, 1.807) is 11.8 Å². The molecule has 2 aromatic rings. The first kappa shape index (κ1) is 16.2. The summed E-state index contributed by atoms with van der Waals surface area (Å²) in [7, 11) is 0. The number of nitrogens with one attached hydrogen (secondary N) is 1. The molecule has 4 nitrogen and oxygen atoms in total. The first-order valence-electron chi connectivity index (χ1n) is 7.18. The number of aryl methyl sites for hydroxylation is 1. The number of hydrogen-bond donors (Lipinski definition) is 1. The number of H-pyrrole nitrogens is 1. The van der Waals surface area contributed by atoms with E-state index in [0.717, 1.165) is 58.9 Å². The fourth-order valence-electron chi connectivity index (χ4n) is 1.77. The van der Waals surface area contributed by atoms with E-state index in [-0.39, 0.29) is 0 Å². The SMILES string of the molecule is CCCCOc1ccc(Cl)cc1CSc1n[nH]c(CC)n1. The van der Waals surface area contributed by atoms with Gasteiger partial charge in [-0.05, 0) is 24.6 Å². The minimum absolute atomic E-state index is 0.720.